The molecule has 0 atom stereocenters. The predicted molar refractivity (Wildman–Crippen MR) is 125 cm³/mol. The van der Waals surface area contributed by atoms with Gasteiger partial charge in [0.15, 0.2) is 0 Å². The van der Waals surface area contributed by atoms with Gasteiger partial charge in [0, 0.05) is 24.5 Å². The highest BCUT2D eigenvalue weighted by molar-refractivity contribution is 7.89. The lowest BCUT2D eigenvalue weighted by molar-refractivity contribution is -0.115. The van der Waals surface area contributed by atoms with Crippen molar-refractivity contribution < 1.29 is 13.2 Å². The highest BCUT2D eigenvalue weighted by Gasteiger charge is 2.27. The van der Waals surface area contributed by atoms with Gasteiger partial charge in [0.25, 0.3) is 0 Å². The summed E-state index contributed by atoms with van der Waals surface area (Å²) in [5.74, 6) is 0.544. The Bertz CT molecular complexity index is 1130. The van der Waals surface area contributed by atoms with Crippen LogP contribution in [0.5, 0.6) is 0 Å². The largest absolute Gasteiger partial charge is 0.316 e. The van der Waals surface area contributed by atoms with Gasteiger partial charge in [-0.05, 0) is 48.4 Å². The van der Waals surface area contributed by atoms with E-state index < -0.39 is 10.0 Å². The van der Waals surface area contributed by atoms with Crippen LogP contribution in [0.2, 0.25) is 0 Å². The summed E-state index contributed by atoms with van der Waals surface area (Å²) in [5, 5.41) is 18.4. The second-order valence-electron chi connectivity index (χ2n) is 8.72. The standard InChI is InChI=1S/C23H28N4O3S2/c24-13-20-19-10-11-27(14-17-4-2-1-3-5-17)15-21(19)31-23(20)26-22(28)12-16-6-8-18(9-7-16)32(25,29)30/h6-9,17H,1-5,10-12,14-15H2,(H,26,28)(H2,25,29,30). The number of carbonyl (C=O) groups excluding carboxylic acids is 1. The first-order chi connectivity index (χ1) is 15.3. The molecule has 0 spiro atoms. The molecule has 1 fully saturated rings. The van der Waals surface area contributed by atoms with Crippen molar-refractivity contribution in [2.45, 2.75) is 56.4 Å². The molecule has 0 radical (unpaired) electrons. The van der Waals surface area contributed by atoms with Crippen LogP contribution in [-0.2, 0) is 34.2 Å². The topological polar surface area (TPSA) is 116 Å². The Kier molecular flexibility index (Phi) is 6.96. The molecule has 1 saturated carbocycles. The molecule has 3 N–H and O–H groups in total. The van der Waals surface area contributed by atoms with Crippen molar-refractivity contribution >= 4 is 32.3 Å². The van der Waals surface area contributed by atoms with Gasteiger partial charge >= 0.3 is 0 Å². The molecule has 32 heavy (non-hydrogen) atoms. The van der Waals surface area contributed by atoms with Gasteiger partial charge in [0.1, 0.15) is 11.1 Å². The molecule has 1 amide bonds. The number of anilines is 1. The van der Waals surface area contributed by atoms with E-state index in [4.69, 9.17) is 5.14 Å². The maximum absolute atomic E-state index is 12.6. The number of carbonyl (C=O) groups is 1. The summed E-state index contributed by atoms with van der Waals surface area (Å²) in [7, 11) is -3.76. The number of thiophene rings is 1. The number of benzene rings is 1. The normalized spacial score (nSPS) is 17.5. The summed E-state index contributed by atoms with van der Waals surface area (Å²) in [6.45, 7) is 2.92. The smallest absolute Gasteiger partial charge is 0.238 e. The van der Waals surface area contributed by atoms with Crippen LogP contribution < -0.4 is 10.5 Å². The number of nitrogens with one attached hydrogen (secondary N) is 1. The molecule has 1 aromatic heterocycles. The maximum atomic E-state index is 12.6. The van der Waals surface area contributed by atoms with Crippen LogP contribution in [-0.4, -0.2) is 32.3 Å². The van der Waals surface area contributed by atoms with E-state index in [9.17, 15) is 18.5 Å². The van der Waals surface area contributed by atoms with E-state index in [-0.39, 0.29) is 17.2 Å². The zero-order valence-electron chi connectivity index (χ0n) is 18.0. The molecule has 1 aliphatic heterocycles. The van der Waals surface area contributed by atoms with E-state index in [0.717, 1.165) is 37.5 Å². The first kappa shape index (κ1) is 22.9. The average Bonchev–Trinajstić information content (AvgIpc) is 3.10. The number of fused-ring (bicyclic) bond motifs is 1. The molecule has 9 heteroatoms. The van der Waals surface area contributed by atoms with Crippen molar-refractivity contribution in [1.29, 1.82) is 5.26 Å². The van der Waals surface area contributed by atoms with Crippen molar-refractivity contribution in [2.24, 2.45) is 11.1 Å². The van der Waals surface area contributed by atoms with Crippen LogP contribution in [0.15, 0.2) is 29.2 Å². The van der Waals surface area contributed by atoms with Gasteiger partial charge in [-0.2, -0.15) is 5.26 Å². The predicted octanol–water partition coefficient (Wildman–Crippen LogP) is 3.39. The Morgan fingerprint density at radius 3 is 2.59 bits per heavy atom. The summed E-state index contributed by atoms with van der Waals surface area (Å²) in [6.07, 6.45) is 7.59. The SMILES string of the molecule is N#Cc1c(NC(=O)Cc2ccc(S(N)(=O)=O)cc2)sc2c1CCN(CC1CCCCC1)C2. The molecule has 170 valence electrons. The van der Waals surface area contributed by atoms with E-state index >= 15 is 0 Å². The van der Waals surface area contributed by atoms with Crippen molar-refractivity contribution in [3.05, 3.63) is 45.8 Å². The van der Waals surface area contributed by atoms with Gasteiger partial charge in [-0.15, -0.1) is 11.3 Å². The monoisotopic (exact) mass is 472 g/mol. The van der Waals surface area contributed by atoms with Crippen LogP contribution in [0.4, 0.5) is 5.00 Å². The van der Waals surface area contributed by atoms with Crippen LogP contribution in [0, 0.1) is 17.2 Å². The summed E-state index contributed by atoms with van der Waals surface area (Å²) < 4.78 is 22.7. The molecule has 7 nitrogen and oxygen atoms in total. The molecule has 1 aromatic carbocycles. The molecule has 1 aliphatic carbocycles. The van der Waals surface area contributed by atoms with Gasteiger partial charge in [-0.3, -0.25) is 9.69 Å². The summed E-state index contributed by atoms with van der Waals surface area (Å²) in [6, 6.07) is 8.23. The minimum atomic E-state index is -3.76. The number of hydrogen-bond donors (Lipinski definition) is 2. The molecular formula is C23H28N4O3S2. The minimum Gasteiger partial charge on any atom is -0.316 e. The van der Waals surface area contributed by atoms with Crippen LogP contribution in [0.1, 0.15) is 53.7 Å². The Labute approximate surface area is 193 Å². The zero-order chi connectivity index (χ0) is 22.7. The first-order valence-corrected chi connectivity index (χ1v) is 13.4. The summed E-state index contributed by atoms with van der Waals surface area (Å²) in [4.78, 5) is 16.3. The van der Waals surface area contributed by atoms with E-state index in [2.05, 4.69) is 16.3 Å². The summed E-state index contributed by atoms with van der Waals surface area (Å²) >= 11 is 1.51. The lowest BCUT2D eigenvalue weighted by Gasteiger charge is -2.32. The molecule has 0 unspecified atom stereocenters. The van der Waals surface area contributed by atoms with Gasteiger partial charge in [0.2, 0.25) is 15.9 Å². The van der Waals surface area contributed by atoms with Crippen LogP contribution in [0.3, 0.4) is 0 Å². The highest BCUT2D eigenvalue weighted by Crippen LogP contribution is 2.37. The molecular weight excluding hydrogens is 444 g/mol. The minimum absolute atomic E-state index is 0.0112. The number of sulfonamides is 1. The molecule has 2 heterocycles. The lowest BCUT2D eigenvalue weighted by Crippen LogP contribution is -2.34. The second-order valence-corrected chi connectivity index (χ2v) is 11.4. The Hall–Kier alpha value is -2.25. The fourth-order valence-electron chi connectivity index (χ4n) is 4.71. The molecule has 0 bridgehead atoms. The van der Waals surface area contributed by atoms with E-state index in [0.29, 0.717) is 16.1 Å². The third kappa shape index (κ3) is 5.38. The van der Waals surface area contributed by atoms with Gasteiger partial charge < -0.3 is 5.32 Å². The zero-order valence-corrected chi connectivity index (χ0v) is 19.6. The number of primary sulfonamides is 1. The lowest BCUT2D eigenvalue weighted by atomic mass is 9.88. The van der Waals surface area contributed by atoms with Crippen molar-refractivity contribution in [3.63, 3.8) is 0 Å². The fraction of sp³-hybridized carbons (Fsp3) is 0.478. The Morgan fingerprint density at radius 2 is 1.94 bits per heavy atom. The van der Waals surface area contributed by atoms with Gasteiger partial charge in [-0.1, -0.05) is 31.4 Å². The number of nitriles is 1. The molecule has 2 aromatic rings. The highest BCUT2D eigenvalue weighted by atomic mass is 32.2. The average molecular weight is 473 g/mol. The number of nitrogens with two attached hydrogens (primary N) is 1. The van der Waals surface area contributed by atoms with E-state index in [1.807, 2.05) is 0 Å². The first-order valence-electron chi connectivity index (χ1n) is 11.0. The second kappa shape index (κ2) is 9.71. The number of amides is 1. The number of rotatable bonds is 6. The quantitative estimate of drug-likeness (QED) is 0.668. The van der Waals surface area contributed by atoms with Crippen molar-refractivity contribution in [1.82, 2.24) is 4.90 Å². The number of nitrogens with zero attached hydrogens (tertiary/aromatic N) is 2. The van der Waals surface area contributed by atoms with Crippen LogP contribution >= 0.6 is 11.3 Å². The third-order valence-electron chi connectivity index (χ3n) is 6.36. The van der Waals surface area contributed by atoms with Crippen molar-refractivity contribution in [3.8, 4) is 6.07 Å². The third-order valence-corrected chi connectivity index (χ3v) is 8.42. The number of hydrogen-bond acceptors (Lipinski definition) is 6. The van der Waals surface area contributed by atoms with E-state index in [1.54, 1.807) is 12.1 Å². The van der Waals surface area contributed by atoms with Gasteiger partial charge in [-0.25, -0.2) is 13.6 Å². The summed E-state index contributed by atoms with van der Waals surface area (Å²) in [5.41, 5.74) is 2.33. The van der Waals surface area contributed by atoms with Crippen molar-refractivity contribution in [2.75, 3.05) is 18.4 Å². The fourth-order valence-corrected chi connectivity index (χ4v) is 6.48. The Balaban J connectivity index is 1.41. The molecule has 4 rings (SSSR count). The van der Waals surface area contributed by atoms with E-state index in [1.165, 1.54) is 60.5 Å². The Morgan fingerprint density at radius 1 is 1.22 bits per heavy atom. The molecule has 0 saturated heterocycles. The maximum Gasteiger partial charge on any atom is 0.238 e. The van der Waals surface area contributed by atoms with Crippen LogP contribution in [0.25, 0.3) is 0 Å². The molecule has 2 aliphatic rings. The van der Waals surface area contributed by atoms with Gasteiger partial charge in [0.05, 0.1) is 16.9 Å².